The van der Waals surface area contributed by atoms with E-state index in [0.29, 0.717) is 0 Å². The second-order valence-electron chi connectivity index (χ2n) is 5.18. The molecule has 2 aromatic carbocycles. The number of hydrogen-bond donors (Lipinski definition) is 0. The van der Waals surface area contributed by atoms with E-state index in [2.05, 4.69) is 83.9 Å². The van der Waals surface area contributed by atoms with Crippen molar-refractivity contribution in [3.8, 4) is 0 Å². The van der Waals surface area contributed by atoms with Gasteiger partial charge in [-0.25, -0.2) is 0 Å². The van der Waals surface area contributed by atoms with E-state index >= 15 is 0 Å². The molecule has 0 aliphatic carbocycles. The molecule has 0 fully saturated rings. The fourth-order valence-corrected chi connectivity index (χ4v) is 2.45. The average Bonchev–Trinajstić information content (AvgIpc) is 2.51. The molecule has 1 heterocycles. The van der Waals surface area contributed by atoms with Crippen molar-refractivity contribution in [2.75, 3.05) is 6.54 Å². The zero-order valence-corrected chi connectivity index (χ0v) is 12.7. The van der Waals surface area contributed by atoms with Crippen LogP contribution in [0.4, 0.5) is 0 Å². The molecule has 0 bridgehead atoms. The molecule has 2 aromatic rings. The molecule has 0 saturated heterocycles. The predicted octanol–water partition coefficient (Wildman–Crippen LogP) is 1.17. The van der Waals surface area contributed by atoms with Gasteiger partial charge in [0.05, 0.1) is 0 Å². The molecule has 0 saturated carbocycles. The summed E-state index contributed by atoms with van der Waals surface area (Å²) in [6.07, 6.45) is 9.53. The molecule has 0 radical (unpaired) electrons. The fraction of sp³-hybridized carbons (Fsp3) is 0.158. The Bertz CT molecular complexity index is 599. The zero-order chi connectivity index (χ0) is 13.6. The first kappa shape index (κ1) is 15.4. The summed E-state index contributed by atoms with van der Waals surface area (Å²) in [5.41, 5.74) is 4.10. The lowest BCUT2D eigenvalue weighted by Gasteiger charge is -2.20. The quantitative estimate of drug-likeness (QED) is 0.819. The minimum absolute atomic E-state index is 0. The fourth-order valence-electron chi connectivity index (χ4n) is 2.45. The van der Waals surface area contributed by atoms with Gasteiger partial charge in [-0.15, -0.1) is 0 Å². The predicted molar refractivity (Wildman–Crippen MR) is 84.4 cm³/mol. The van der Waals surface area contributed by atoms with Crippen LogP contribution in [-0.2, 0) is 13.0 Å². The molecule has 2 heteroatoms. The van der Waals surface area contributed by atoms with Gasteiger partial charge in [-0.2, -0.15) is 0 Å². The lowest BCUT2D eigenvalue weighted by Crippen LogP contribution is -3.00. The molecule has 108 valence electrons. The number of halogens is 1. The molecule has 1 aliphatic rings. The Labute approximate surface area is 133 Å². The van der Waals surface area contributed by atoms with E-state index < -0.39 is 0 Å². The van der Waals surface area contributed by atoms with Gasteiger partial charge in [0.15, 0.2) is 0 Å². The molecule has 0 spiro atoms. The van der Waals surface area contributed by atoms with Crippen molar-refractivity contribution in [1.29, 1.82) is 0 Å². The van der Waals surface area contributed by atoms with Gasteiger partial charge in [-0.05, 0) is 35.4 Å². The summed E-state index contributed by atoms with van der Waals surface area (Å²) in [7, 11) is 0. The Kier molecular flexibility index (Phi) is 5.65. The van der Waals surface area contributed by atoms with Crippen LogP contribution in [0, 0.1) is 0 Å². The summed E-state index contributed by atoms with van der Waals surface area (Å²) in [5, 5.41) is 0. The van der Waals surface area contributed by atoms with E-state index in [4.69, 9.17) is 0 Å². The average molecular weight is 297 g/mol. The second kappa shape index (κ2) is 7.70. The number of nitrogens with zero attached hydrogens (tertiary/aromatic N) is 1. The topological polar surface area (TPSA) is 3.24 Å². The molecule has 1 nitrogen and oxygen atoms in total. The highest BCUT2D eigenvalue weighted by Gasteiger charge is 2.02. The monoisotopic (exact) mass is 296 g/mol. The first-order valence-electron chi connectivity index (χ1n) is 7.09. The smallest absolute Gasteiger partial charge is 0.0427 e. The molecule has 1 aliphatic heterocycles. The number of hydrogen-bond acceptors (Lipinski definition) is 1. The number of benzene rings is 2. The van der Waals surface area contributed by atoms with Gasteiger partial charge in [0.25, 0.3) is 0 Å². The maximum Gasteiger partial charge on any atom is 0.0427 e. The Hall–Kier alpha value is -1.99. The van der Waals surface area contributed by atoms with Gasteiger partial charge in [-0.1, -0.05) is 66.7 Å². The van der Waals surface area contributed by atoms with Crippen LogP contribution >= 0.6 is 0 Å². The van der Waals surface area contributed by atoms with Crippen LogP contribution in [0.3, 0.4) is 0 Å². The number of rotatable bonds is 4. The van der Waals surface area contributed by atoms with Crippen molar-refractivity contribution in [3.63, 3.8) is 0 Å². The van der Waals surface area contributed by atoms with Crippen LogP contribution in [0.25, 0.3) is 0 Å². The third-order valence-electron chi connectivity index (χ3n) is 3.54. The highest BCUT2D eigenvalue weighted by atomic mass is 35.5. The SMILES string of the molecule is C1=CCN(Cc2ccc(Cc3ccccc3)cc2)C=C1.[Cl-]. The molecule has 0 amide bonds. The van der Waals surface area contributed by atoms with Crippen molar-refractivity contribution in [1.82, 2.24) is 4.90 Å². The van der Waals surface area contributed by atoms with Gasteiger partial charge in [-0.3, -0.25) is 0 Å². The van der Waals surface area contributed by atoms with Crippen LogP contribution in [0.1, 0.15) is 16.7 Å². The highest BCUT2D eigenvalue weighted by Crippen LogP contribution is 2.13. The maximum atomic E-state index is 2.31. The molecule has 0 N–H and O–H groups in total. The Morgan fingerprint density at radius 3 is 2.10 bits per heavy atom. The van der Waals surface area contributed by atoms with Crippen molar-refractivity contribution >= 4 is 0 Å². The minimum Gasteiger partial charge on any atom is -1.00 e. The third kappa shape index (κ3) is 4.51. The van der Waals surface area contributed by atoms with Crippen molar-refractivity contribution in [2.45, 2.75) is 13.0 Å². The standard InChI is InChI=1S/C19H19N.ClH/c1-3-7-17(8-4-1)15-18-9-11-19(12-10-18)16-20-13-5-2-6-14-20;/h1-13H,14-16H2;1H/p-1. The van der Waals surface area contributed by atoms with Crippen LogP contribution in [-0.4, -0.2) is 11.4 Å². The van der Waals surface area contributed by atoms with Crippen LogP contribution in [0.15, 0.2) is 79.0 Å². The molecular formula is C19H19ClN-. The van der Waals surface area contributed by atoms with Gasteiger partial charge < -0.3 is 17.3 Å². The Morgan fingerprint density at radius 2 is 1.43 bits per heavy atom. The lowest BCUT2D eigenvalue weighted by molar-refractivity contribution is -0.00000398. The van der Waals surface area contributed by atoms with E-state index in [1.807, 2.05) is 0 Å². The first-order chi connectivity index (χ1) is 9.90. The number of allylic oxidation sites excluding steroid dienone is 2. The molecular weight excluding hydrogens is 278 g/mol. The maximum absolute atomic E-state index is 2.31. The second-order valence-corrected chi connectivity index (χ2v) is 5.18. The van der Waals surface area contributed by atoms with Crippen LogP contribution in [0.5, 0.6) is 0 Å². The molecule has 0 unspecified atom stereocenters. The third-order valence-corrected chi connectivity index (χ3v) is 3.54. The van der Waals surface area contributed by atoms with Crippen LogP contribution < -0.4 is 12.4 Å². The summed E-state index contributed by atoms with van der Waals surface area (Å²) >= 11 is 0. The van der Waals surface area contributed by atoms with Crippen LogP contribution in [0.2, 0.25) is 0 Å². The van der Waals surface area contributed by atoms with Gasteiger partial charge in [0.1, 0.15) is 0 Å². The van der Waals surface area contributed by atoms with Crippen molar-refractivity contribution in [2.24, 2.45) is 0 Å². The van der Waals surface area contributed by atoms with E-state index in [-0.39, 0.29) is 12.4 Å². The Morgan fingerprint density at radius 1 is 0.762 bits per heavy atom. The van der Waals surface area contributed by atoms with E-state index in [0.717, 1.165) is 19.5 Å². The Balaban J connectivity index is 0.00000161. The molecule has 21 heavy (non-hydrogen) atoms. The normalized spacial score (nSPS) is 13.0. The van der Waals surface area contributed by atoms with Crippen molar-refractivity contribution < 1.29 is 12.4 Å². The summed E-state index contributed by atoms with van der Waals surface area (Å²) in [6, 6.07) is 19.6. The highest BCUT2D eigenvalue weighted by molar-refractivity contribution is 5.29. The summed E-state index contributed by atoms with van der Waals surface area (Å²) in [5.74, 6) is 0. The molecule has 0 atom stereocenters. The van der Waals surface area contributed by atoms with Gasteiger partial charge >= 0.3 is 0 Å². The zero-order valence-electron chi connectivity index (χ0n) is 12.0. The minimum atomic E-state index is 0. The summed E-state index contributed by atoms with van der Waals surface area (Å²) in [4.78, 5) is 2.31. The van der Waals surface area contributed by atoms with E-state index in [1.54, 1.807) is 0 Å². The van der Waals surface area contributed by atoms with E-state index in [1.165, 1.54) is 16.7 Å². The van der Waals surface area contributed by atoms with Gasteiger partial charge in [0, 0.05) is 13.1 Å². The lowest BCUT2D eigenvalue weighted by atomic mass is 10.0. The largest absolute Gasteiger partial charge is 1.00 e. The summed E-state index contributed by atoms with van der Waals surface area (Å²) in [6.45, 7) is 1.98. The molecule has 0 aromatic heterocycles. The van der Waals surface area contributed by atoms with E-state index in [9.17, 15) is 0 Å². The summed E-state index contributed by atoms with van der Waals surface area (Å²) < 4.78 is 0. The van der Waals surface area contributed by atoms with Crippen molar-refractivity contribution in [3.05, 3.63) is 95.7 Å². The first-order valence-corrected chi connectivity index (χ1v) is 7.09. The van der Waals surface area contributed by atoms with Gasteiger partial charge in [0.2, 0.25) is 0 Å². The molecule has 3 rings (SSSR count).